The summed E-state index contributed by atoms with van der Waals surface area (Å²) in [6, 6.07) is 17.0. The van der Waals surface area contributed by atoms with Crippen LogP contribution in [-0.4, -0.2) is 31.8 Å². The summed E-state index contributed by atoms with van der Waals surface area (Å²) in [5, 5.41) is 2.95. The monoisotopic (exact) mass is 440 g/mol. The van der Waals surface area contributed by atoms with Crippen LogP contribution in [0.2, 0.25) is 0 Å². The van der Waals surface area contributed by atoms with Crippen molar-refractivity contribution < 1.29 is 22.4 Å². The van der Waals surface area contributed by atoms with Crippen molar-refractivity contribution in [2.75, 3.05) is 7.11 Å². The van der Waals surface area contributed by atoms with E-state index in [0.717, 1.165) is 18.4 Å². The second kappa shape index (κ2) is 8.95. The number of ether oxygens (including phenoxy) is 1. The number of carbonyl (C=O) groups excluding carboxylic acids is 1. The summed E-state index contributed by atoms with van der Waals surface area (Å²) in [6.07, 6.45) is 3.56. The fourth-order valence-corrected chi connectivity index (χ4v) is 4.55. The molecule has 0 radical (unpaired) electrons. The highest BCUT2D eigenvalue weighted by Gasteiger charge is 2.27. The Kier molecular flexibility index (Phi) is 6.11. The molecule has 0 unspecified atom stereocenters. The third-order valence-corrected chi connectivity index (χ3v) is 6.90. The van der Waals surface area contributed by atoms with Gasteiger partial charge >= 0.3 is 0 Å². The molecule has 1 saturated carbocycles. The lowest BCUT2D eigenvalue weighted by molar-refractivity contribution is 0.0951. The Morgan fingerprint density at radius 3 is 2.35 bits per heavy atom. The van der Waals surface area contributed by atoms with Crippen molar-refractivity contribution in [1.29, 1.82) is 0 Å². The van der Waals surface area contributed by atoms with E-state index in [2.05, 4.69) is 5.32 Å². The zero-order valence-electron chi connectivity index (χ0n) is 17.2. The minimum atomic E-state index is -3.80. The number of nitrogens with one attached hydrogen (secondary N) is 1. The average Bonchev–Trinajstić information content (AvgIpc) is 3.45. The quantitative estimate of drug-likeness (QED) is 0.550. The summed E-state index contributed by atoms with van der Waals surface area (Å²) in [5.41, 5.74) is 1.33. The smallest absolute Gasteiger partial charge is 0.251 e. The molecule has 1 fully saturated rings. The standard InChI is InChI=1S/C23H24N2O5S/c1-29-20-10-12-22(13-11-20)31(27,28)25(16-21-3-2-14-30-21)15-17-4-6-18(7-5-17)23(26)24-19-8-9-19/h2-7,10-14,19H,8-9,15-16H2,1H3,(H,24,26). The van der Waals surface area contributed by atoms with Crippen LogP contribution in [-0.2, 0) is 23.1 Å². The largest absolute Gasteiger partial charge is 0.497 e. The maximum absolute atomic E-state index is 13.3. The molecule has 1 amide bonds. The first-order valence-electron chi connectivity index (χ1n) is 10.0. The van der Waals surface area contributed by atoms with Crippen LogP contribution in [0.5, 0.6) is 5.75 Å². The van der Waals surface area contributed by atoms with Gasteiger partial charge in [0.05, 0.1) is 24.8 Å². The van der Waals surface area contributed by atoms with Gasteiger partial charge in [-0.25, -0.2) is 8.42 Å². The summed E-state index contributed by atoms with van der Waals surface area (Å²) in [7, 11) is -2.27. The van der Waals surface area contributed by atoms with Crippen molar-refractivity contribution in [2.24, 2.45) is 0 Å². The van der Waals surface area contributed by atoms with E-state index in [0.29, 0.717) is 17.1 Å². The number of amides is 1. The van der Waals surface area contributed by atoms with Gasteiger partial charge in [0.1, 0.15) is 11.5 Å². The Hall–Kier alpha value is -3.10. The molecule has 8 heteroatoms. The van der Waals surface area contributed by atoms with E-state index < -0.39 is 10.0 Å². The number of benzene rings is 2. The molecular weight excluding hydrogens is 416 g/mol. The van der Waals surface area contributed by atoms with Crippen molar-refractivity contribution in [2.45, 2.75) is 36.9 Å². The Labute approximate surface area is 181 Å². The van der Waals surface area contributed by atoms with Crippen molar-refractivity contribution in [1.82, 2.24) is 9.62 Å². The van der Waals surface area contributed by atoms with Gasteiger partial charge in [-0.2, -0.15) is 4.31 Å². The highest BCUT2D eigenvalue weighted by atomic mass is 32.2. The predicted octanol–water partition coefficient (Wildman–Crippen LogP) is 3.57. The maximum atomic E-state index is 13.3. The lowest BCUT2D eigenvalue weighted by Crippen LogP contribution is -2.30. The van der Waals surface area contributed by atoms with Gasteiger partial charge in [0.15, 0.2) is 0 Å². The van der Waals surface area contributed by atoms with Crippen LogP contribution in [0.4, 0.5) is 0 Å². The summed E-state index contributed by atoms with van der Waals surface area (Å²) in [6.45, 7) is 0.227. The number of sulfonamides is 1. The molecule has 0 aliphatic heterocycles. The molecule has 3 aromatic rings. The Morgan fingerprint density at radius 2 is 1.77 bits per heavy atom. The van der Waals surface area contributed by atoms with Gasteiger partial charge in [-0.1, -0.05) is 12.1 Å². The highest BCUT2D eigenvalue weighted by Crippen LogP contribution is 2.24. The number of hydrogen-bond acceptors (Lipinski definition) is 5. The van der Waals surface area contributed by atoms with Gasteiger partial charge < -0.3 is 14.5 Å². The zero-order valence-corrected chi connectivity index (χ0v) is 18.0. The van der Waals surface area contributed by atoms with Gasteiger partial charge in [0.2, 0.25) is 10.0 Å². The summed E-state index contributed by atoms with van der Waals surface area (Å²) in [4.78, 5) is 12.4. The van der Waals surface area contributed by atoms with E-state index in [-0.39, 0.29) is 29.9 Å². The molecule has 31 heavy (non-hydrogen) atoms. The van der Waals surface area contributed by atoms with Crippen LogP contribution in [0.1, 0.15) is 34.5 Å². The minimum Gasteiger partial charge on any atom is -0.497 e. The Bertz CT molecular complexity index is 1120. The molecule has 1 heterocycles. The van der Waals surface area contributed by atoms with E-state index in [9.17, 15) is 13.2 Å². The molecule has 2 aromatic carbocycles. The van der Waals surface area contributed by atoms with Gasteiger partial charge in [-0.15, -0.1) is 0 Å². The van der Waals surface area contributed by atoms with Gasteiger partial charge in [-0.05, 0) is 66.9 Å². The summed E-state index contributed by atoms with van der Waals surface area (Å²) < 4.78 is 38.6. The van der Waals surface area contributed by atoms with Crippen molar-refractivity contribution in [3.63, 3.8) is 0 Å². The molecule has 0 atom stereocenters. The topological polar surface area (TPSA) is 88.9 Å². The van der Waals surface area contributed by atoms with Crippen LogP contribution >= 0.6 is 0 Å². The van der Waals surface area contributed by atoms with Crippen LogP contribution in [0, 0.1) is 0 Å². The third kappa shape index (κ3) is 5.15. The first-order chi connectivity index (χ1) is 15.0. The normalized spacial score (nSPS) is 13.9. The lowest BCUT2D eigenvalue weighted by Gasteiger charge is -2.22. The van der Waals surface area contributed by atoms with Crippen LogP contribution in [0.15, 0.2) is 76.2 Å². The Morgan fingerprint density at radius 1 is 1.06 bits per heavy atom. The molecule has 7 nitrogen and oxygen atoms in total. The average molecular weight is 441 g/mol. The molecule has 1 aliphatic rings. The number of carbonyl (C=O) groups is 1. The van der Waals surface area contributed by atoms with Crippen molar-refractivity contribution in [3.05, 3.63) is 83.8 Å². The van der Waals surface area contributed by atoms with Crippen molar-refractivity contribution in [3.8, 4) is 5.75 Å². The molecule has 1 N–H and O–H groups in total. The predicted molar refractivity (Wildman–Crippen MR) is 115 cm³/mol. The van der Waals surface area contributed by atoms with Crippen LogP contribution in [0.25, 0.3) is 0 Å². The molecule has 0 saturated heterocycles. The summed E-state index contributed by atoms with van der Waals surface area (Å²) in [5.74, 6) is 1.02. The second-order valence-corrected chi connectivity index (χ2v) is 9.41. The molecular formula is C23H24N2O5S. The molecule has 0 spiro atoms. The second-order valence-electron chi connectivity index (χ2n) is 7.47. The fourth-order valence-electron chi connectivity index (χ4n) is 3.16. The van der Waals surface area contributed by atoms with Gasteiger partial charge in [0, 0.05) is 18.2 Å². The van der Waals surface area contributed by atoms with E-state index in [1.807, 2.05) is 0 Å². The number of furan rings is 1. The van der Waals surface area contributed by atoms with Crippen LogP contribution in [0.3, 0.4) is 0 Å². The number of nitrogens with zero attached hydrogens (tertiary/aromatic N) is 1. The van der Waals surface area contributed by atoms with E-state index in [4.69, 9.17) is 9.15 Å². The summed E-state index contributed by atoms with van der Waals surface area (Å²) >= 11 is 0. The molecule has 0 bridgehead atoms. The zero-order chi connectivity index (χ0) is 21.8. The number of rotatable bonds is 9. The molecule has 1 aromatic heterocycles. The van der Waals surface area contributed by atoms with E-state index in [1.165, 1.54) is 29.8 Å². The first-order valence-corrected chi connectivity index (χ1v) is 11.5. The molecule has 4 rings (SSSR count). The maximum Gasteiger partial charge on any atom is 0.251 e. The highest BCUT2D eigenvalue weighted by molar-refractivity contribution is 7.89. The molecule has 1 aliphatic carbocycles. The SMILES string of the molecule is COc1ccc(S(=O)(=O)N(Cc2ccc(C(=O)NC3CC3)cc2)Cc2ccco2)cc1. The van der Waals surface area contributed by atoms with Gasteiger partial charge in [-0.3, -0.25) is 4.79 Å². The number of hydrogen-bond donors (Lipinski definition) is 1. The van der Waals surface area contributed by atoms with Crippen molar-refractivity contribution >= 4 is 15.9 Å². The van der Waals surface area contributed by atoms with E-state index in [1.54, 1.807) is 48.5 Å². The lowest BCUT2D eigenvalue weighted by atomic mass is 10.1. The molecule has 162 valence electrons. The van der Waals surface area contributed by atoms with Gasteiger partial charge in [0.25, 0.3) is 5.91 Å². The number of methoxy groups -OCH3 is 1. The fraction of sp³-hybridized carbons (Fsp3) is 0.261. The Balaban J connectivity index is 1.56. The minimum absolute atomic E-state index is 0.0886. The van der Waals surface area contributed by atoms with Crippen LogP contribution < -0.4 is 10.1 Å². The van der Waals surface area contributed by atoms with E-state index >= 15 is 0 Å². The first kappa shape index (κ1) is 21.1. The third-order valence-electron chi connectivity index (χ3n) is 5.10.